The molecule has 2 rings (SSSR count). The van der Waals surface area contributed by atoms with Crippen LogP contribution in [0.3, 0.4) is 0 Å². The van der Waals surface area contributed by atoms with E-state index in [1.807, 2.05) is 19.3 Å². The van der Waals surface area contributed by atoms with Crippen LogP contribution in [0.2, 0.25) is 0 Å². The predicted molar refractivity (Wildman–Crippen MR) is 43.6 cm³/mol. The van der Waals surface area contributed by atoms with E-state index in [9.17, 15) is 0 Å². The molecule has 1 N–H and O–H groups in total. The van der Waals surface area contributed by atoms with Crippen molar-refractivity contribution in [3.05, 3.63) is 18.1 Å². The van der Waals surface area contributed by atoms with Crippen LogP contribution < -0.4 is 5.32 Å². The fourth-order valence-electron chi connectivity index (χ4n) is 1.05. The summed E-state index contributed by atoms with van der Waals surface area (Å²) >= 11 is 0. The highest BCUT2D eigenvalue weighted by molar-refractivity contribution is 5.32. The van der Waals surface area contributed by atoms with Gasteiger partial charge in [0.05, 0.1) is 0 Å². The van der Waals surface area contributed by atoms with E-state index in [1.165, 1.54) is 12.8 Å². The molecule has 58 valence electrons. The first-order valence-electron chi connectivity index (χ1n) is 3.91. The third kappa shape index (κ3) is 1.31. The fourth-order valence-corrected chi connectivity index (χ4v) is 1.05. The summed E-state index contributed by atoms with van der Waals surface area (Å²) in [6.07, 6.45) is 4.33. The van der Waals surface area contributed by atoms with Crippen molar-refractivity contribution in [2.75, 3.05) is 12.4 Å². The van der Waals surface area contributed by atoms with Gasteiger partial charge in [0.1, 0.15) is 11.6 Å². The SMILES string of the molecule is CNc1ccnc(C2CC2)n1. The van der Waals surface area contributed by atoms with Crippen LogP contribution in [0.5, 0.6) is 0 Å². The van der Waals surface area contributed by atoms with Crippen molar-refractivity contribution in [3.8, 4) is 0 Å². The third-order valence-electron chi connectivity index (χ3n) is 1.87. The summed E-state index contributed by atoms with van der Waals surface area (Å²) in [5.74, 6) is 2.56. The standard InChI is InChI=1S/C8H11N3/c1-9-7-4-5-10-8(11-7)6-2-3-6/h4-6H,2-3H2,1H3,(H,9,10,11). The monoisotopic (exact) mass is 149 g/mol. The first-order chi connectivity index (χ1) is 5.40. The lowest BCUT2D eigenvalue weighted by Gasteiger charge is -1.99. The van der Waals surface area contributed by atoms with Gasteiger partial charge in [-0.3, -0.25) is 0 Å². The van der Waals surface area contributed by atoms with Crippen LogP contribution in [0.15, 0.2) is 12.3 Å². The summed E-state index contributed by atoms with van der Waals surface area (Å²) in [5.41, 5.74) is 0. The minimum atomic E-state index is 0.642. The van der Waals surface area contributed by atoms with Crippen molar-refractivity contribution < 1.29 is 0 Å². The zero-order chi connectivity index (χ0) is 7.68. The molecule has 1 aromatic heterocycles. The van der Waals surface area contributed by atoms with Crippen LogP contribution in [-0.2, 0) is 0 Å². The number of hydrogen-bond donors (Lipinski definition) is 1. The Kier molecular flexibility index (Phi) is 1.49. The van der Waals surface area contributed by atoms with Crippen LogP contribution in [0.25, 0.3) is 0 Å². The lowest BCUT2D eigenvalue weighted by molar-refractivity contribution is 0.928. The molecule has 0 saturated heterocycles. The third-order valence-corrected chi connectivity index (χ3v) is 1.87. The zero-order valence-electron chi connectivity index (χ0n) is 6.54. The van der Waals surface area contributed by atoms with Gasteiger partial charge in [-0.1, -0.05) is 0 Å². The molecule has 1 aliphatic rings. The Morgan fingerprint density at radius 1 is 1.55 bits per heavy atom. The summed E-state index contributed by atoms with van der Waals surface area (Å²) in [4.78, 5) is 8.53. The van der Waals surface area contributed by atoms with E-state index in [2.05, 4.69) is 15.3 Å². The number of rotatable bonds is 2. The highest BCUT2D eigenvalue weighted by Gasteiger charge is 2.26. The van der Waals surface area contributed by atoms with E-state index in [0.717, 1.165) is 11.6 Å². The number of hydrogen-bond acceptors (Lipinski definition) is 3. The highest BCUT2D eigenvalue weighted by atomic mass is 15.0. The molecule has 0 amide bonds. The first kappa shape index (κ1) is 6.58. The highest BCUT2D eigenvalue weighted by Crippen LogP contribution is 2.37. The number of aromatic nitrogens is 2. The van der Waals surface area contributed by atoms with Crippen LogP contribution >= 0.6 is 0 Å². The van der Waals surface area contributed by atoms with Crippen molar-refractivity contribution >= 4 is 5.82 Å². The Balaban J connectivity index is 2.26. The second-order valence-electron chi connectivity index (χ2n) is 2.82. The van der Waals surface area contributed by atoms with Gasteiger partial charge in [0.25, 0.3) is 0 Å². The van der Waals surface area contributed by atoms with Gasteiger partial charge in [-0.15, -0.1) is 0 Å². The normalized spacial score (nSPS) is 16.5. The maximum atomic E-state index is 4.33. The minimum Gasteiger partial charge on any atom is -0.373 e. The molecule has 0 spiro atoms. The quantitative estimate of drug-likeness (QED) is 0.690. The van der Waals surface area contributed by atoms with Gasteiger partial charge in [-0.2, -0.15) is 0 Å². The molecule has 3 heteroatoms. The molecule has 1 aliphatic carbocycles. The van der Waals surface area contributed by atoms with Crippen molar-refractivity contribution in [1.82, 2.24) is 9.97 Å². The van der Waals surface area contributed by atoms with E-state index in [1.54, 1.807) is 0 Å². The molecule has 1 heterocycles. The largest absolute Gasteiger partial charge is 0.373 e. The van der Waals surface area contributed by atoms with Crippen LogP contribution in [0.4, 0.5) is 5.82 Å². The average molecular weight is 149 g/mol. The van der Waals surface area contributed by atoms with Gasteiger partial charge < -0.3 is 5.32 Å². The van der Waals surface area contributed by atoms with E-state index in [4.69, 9.17) is 0 Å². The minimum absolute atomic E-state index is 0.642. The Morgan fingerprint density at radius 3 is 3.00 bits per heavy atom. The smallest absolute Gasteiger partial charge is 0.133 e. The van der Waals surface area contributed by atoms with E-state index < -0.39 is 0 Å². The van der Waals surface area contributed by atoms with Gasteiger partial charge in [0.2, 0.25) is 0 Å². The summed E-state index contributed by atoms with van der Waals surface area (Å²) in [6.45, 7) is 0. The average Bonchev–Trinajstić information content (AvgIpc) is 2.87. The van der Waals surface area contributed by atoms with Crippen LogP contribution in [-0.4, -0.2) is 17.0 Å². The molecule has 3 nitrogen and oxygen atoms in total. The molecule has 0 aliphatic heterocycles. The summed E-state index contributed by atoms with van der Waals surface area (Å²) in [7, 11) is 1.87. The lowest BCUT2D eigenvalue weighted by atomic mass is 10.4. The van der Waals surface area contributed by atoms with Crippen LogP contribution in [0.1, 0.15) is 24.6 Å². The number of nitrogens with zero attached hydrogens (tertiary/aromatic N) is 2. The van der Waals surface area contributed by atoms with E-state index in [-0.39, 0.29) is 0 Å². The van der Waals surface area contributed by atoms with Crippen molar-refractivity contribution in [1.29, 1.82) is 0 Å². The Bertz CT molecular complexity index is 255. The first-order valence-corrected chi connectivity index (χ1v) is 3.91. The molecular formula is C8H11N3. The molecule has 0 bridgehead atoms. The molecule has 0 atom stereocenters. The summed E-state index contributed by atoms with van der Waals surface area (Å²) in [5, 5.41) is 3.00. The van der Waals surface area contributed by atoms with Gasteiger partial charge in [-0.25, -0.2) is 9.97 Å². The van der Waals surface area contributed by atoms with Gasteiger partial charge >= 0.3 is 0 Å². The maximum absolute atomic E-state index is 4.33. The Labute approximate surface area is 65.9 Å². The fraction of sp³-hybridized carbons (Fsp3) is 0.500. The predicted octanol–water partition coefficient (Wildman–Crippen LogP) is 1.40. The van der Waals surface area contributed by atoms with Crippen molar-refractivity contribution in [2.24, 2.45) is 0 Å². The Morgan fingerprint density at radius 2 is 2.36 bits per heavy atom. The van der Waals surface area contributed by atoms with E-state index >= 15 is 0 Å². The number of anilines is 1. The maximum Gasteiger partial charge on any atom is 0.133 e. The molecular weight excluding hydrogens is 138 g/mol. The van der Waals surface area contributed by atoms with Gasteiger partial charge in [0.15, 0.2) is 0 Å². The molecule has 0 aromatic carbocycles. The van der Waals surface area contributed by atoms with Crippen LogP contribution in [0, 0.1) is 0 Å². The molecule has 1 saturated carbocycles. The van der Waals surface area contributed by atoms with Crippen molar-refractivity contribution in [3.63, 3.8) is 0 Å². The molecule has 1 fully saturated rings. The topological polar surface area (TPSA) is 37.8 Å². The summed E-state index contributed by atoms with van der Waals surface area (Å²) in [6, 6.07) is 1.88. The lowest BCUT2D eigenvalue weighted by Crippen LogP contribution is -1.97. The Hall–Kier alpha value is -1.12. The zero-order valence-corrected chi connectivity index (χ0v) is 6.54. The second kappa shape index (κ2) is 2.49. The number of nitrogens with one attached hydrogen (secondary N) is 1. The van der Waals surface area contributed by atoms with Crippen molar-refractivity contribution in [2.45, 2.75) is 18.8 Å². The van der Waals surface area contributed by atoms with Gasteiger partial charge in [0, 0.05) is 19.2 Å². The molecule has 11 heavy (non-hydrogen) atoms. The van der Waals surface area contributed by atoms with Gasteiger partial charge in [-0.05, 0) is 18.9 Å². The second-order valence-corrected chi connectivity index (χ2v) is 2.82. The van der Waals surface area contributed by atoms with E-state index in [0.29, 0.717) is 5.92 Å². The molecule has 0 radical (unpaired) electrons. The molecule has 0 unspecified atom stereocenters. The summed E-state index contributed by atoms with van der Waals surface area (Å²) < 4.78 is 0. The molecule has 1 aromatic rings.